The largest absolute Gasteiger partial charge is 0.421 e. The molecular formula is C23H25FN8O. The first-order valence-electron chi connectivity index (χ1n) is 11.2. The minimum atomic E-state index is -0.312. The predicted octanol–water partition coefficient (Wildman–Crippen LogP) is 3.37. The van der Waals surface area contributed by atoms with Gasteiger partial charge in [0.05, 0.1) is 29.0 Å². The lowest BCUT2D eigenvalue weighted by atomic mass is 9.94. The van der Waals surface area contributed by atoms with Crippen LogP contribution in [0.15, 0.2) is 24.5 Å². The van der Waals surface area contributed by atoms with Crippen LogP contribution in [0.25, 0.3) is 21.9 Å². The Bertz CT molecular complexity index is 1320. The lowest BCUT2D eigenvalue weighted by Crippen LogP contribution is -2.40. The van der Waals surface area contributed by atoms with Gasteiger partial charge in [0.15, 0.2) is 5.75 Å². The van der Waals surface area contributed by atoms with Gasteiger partial charge < -0.3 is 25.3 Å². The molecule has 3 N–H and O–H groups in total. The molecule has 5 heterocycles. The van der Waals surface area contributed by atoms with E-state index in [0.717, 1.165) is 41.7 Å². The summed E-state index contributed by atoms with van der Waals surface area (Å²) in [5.41, 5.74) is 2.05. The van der Waals surface area contributed by atoms with Gasteiger partial charge in [0.2, 0.25) is 0 Å². The third kappa shape index (κ3) is 3.50. The van der Waals surface area contributed by atoms with Crippen LogP contribution in [0.1, 0.15) is 18.7 Å². The van der Waals surface area contributed by atoms with Gasteiger partial charge in [-0.25, -0.2) is 14.4 Å². The molecule has 0 radical (unpaired) electrons. The Morgan fingerprint density at radius 1 is 1.18 bits per heavy atom. The zero-order valence-corrected chi connectivity index (χ0v) is 18.5. The van der Waals surface area contributed by atoms with Gasteiger partial charge in [-0.15, -0.1) is 0 Å². The Kier molecular flexibility index (Phi) is 4.75. The smallest absolute Gasteiger partial charge is 0.326 e. The zero-order valence-electron chi connectivity index (χ0n) is 18.5. The summed E-state index contributed by atoms with van der Waals surface area (Å²) in [4.78, 5) is 23.4. The second kappa shape index (κ2) is 7.80. The van der Waals surface area contributed by atoms with E-state index < -0.39 is 0 Å². The SMILES string of the molecule is CNc1cc(F)cc2c1[nH]c1nc(Oc3cnc(C)nc3)nc(N3CC4CCCNC4C3)c12. The van der Waals surface area contributed by atoms with Crippen LogP contribution < -0.4 is 20.3 Å². The molecule has 2 unspecified atom stereocenters. The van der Waals surface area contributed by atoms with Crippen LogP contribution in [0.5, 0.6) is 11.8 Å². The molecule has 2 aliphatic heterocycles. The van der Waals surface area contributed by atoms with E-state index in [4.69, 9.17) is 9.72 Å². The van der Waals surface area contributed by atoms with E-state index in [1.807, 2.05) is 6.92 Å². The topological polar surface area (TPSA) is 104 Å². The molecule has 170 valence electrons. The third-order valence-electron chi connectivity index (χ3n) is 6.62. The Labute approximate surface area is 189 Å². The van der Waals surface area contributed by atoms with Gasteiger partial charge in [0, 0.05) is 31.6 Å². The molecule has 4 aromatic rings. The fourth-order valence-corrected chi connectivity index (χ4v) is 5.05. The van der Waals surface area contributed by atoms with E-state index in [9.17, 15) is 4.39 Å². The van der Waals surface area contributed by atoms with Crippen LogP contribution in [0, 0.1) is 18.7 Å². The summed E-state index contributed by atoms with van der Waals surface area (Å²) in [5, 5.41) is 8.25. The number of rotatable bonds is 4. The van der Waals surface area contributed by atoms with Crippen molar-refractivity contribution in [2.75, 3.05) is 36.9 Å². The summed E-state index contributed by atoms with van der Waals surface area (Å²) < 4.78 is 20.4. The molecule has 0 aliphatic carbocycles. The van der Waals surface area contributed by atoms with Gasteiger partial charge in [-0.2, -0.15) is 9.97 Å². The number of fused-ring (bicyclic) bond motifs is 4. The molecule has 0 amide bonds. The average Bonchev–Trinajstić information content (AvgIpc) is 3.41. The standard InChI is InChI=1S/C23H25FN8O/c1-12-27-8-15(9-28-12)33-23-30-21-19(16-6-14(24)7-17(25-2)20(16)29-21)22(31-23)32-10-13-4-3-5-26-18(13)11-32/h6-9,13,18,25-26H,3-5,10-11H2,1-2H3,(H,29,30,31). The van der Waals surface area contributed by atoms with E-state index in [0.29, 0.717) is 34.9 Å². The fraction of sp³-hybridized carbons (Fsp3) is 0.391. The molecule has 0 spiro atoms. The van der Waals surface area contributed by atoms with Crippen LogP contribution in [0.2, 0.25) is 0 Å². The van der Waals surface area contributed by atoms with Crippen molar-refractivity contribution in [1.29, 1.82) is 0 Å². The summed E-state index contributed by atoms with van der Waals surface area (Å²) in [5.74, 6) is 2.11. The summed E-state index contributed by atoms with van der Waals surface area (Å²) in [6.45, 7) is 4.58. The predicted molar refractivity (Wildman–Crippen MR) is 124 cm³/mol. The number of nitrogens with one attached hydrogen (secondary N) is 3. The molecule has 2 aliphatic rings. The Morgan fingerprint density at radius 2 is 2.03 bits per heavy atom. The van der Waals surface area contributed by atoms with E-state index in [-0.39, 0.29) is 11.8 Å². The highest BCUT2D eigenvalue weighted by Crippen LogP contribution is 2.39. The number of aromatic amines is 1. The van der Waals surface area contributed by atoms with Crippen LogP contribution in [-0.2, 0) is 0 Å². The highest BCUT2D eigenvalue weighted by Gasteiger charge is 2.36. The second-order valence-corrected chi connectivity index (χ2v) is 8.74. The number of benzene rings is 1. The van der Waals surface area contributed by atoms with Crippen molar-refractivity contribution in [3.8, 4) is 11.8 Å². The Hall–Kier alpha value is -3.53. The number of H-pyrrole nitrogens is 1. The molecule has 0 saturated carbocycles. The average molecular weight is 449 g/mol. The molecule has 3 aromatic heterocycles. The van der Waals surface area contributed by atoms with Gasteiger partial charge in [0.25, 0.3) is 0 Å². The molecule has 1 aromatic carbocycles. The third-order valence-corrected chi connectivity index (χ3v) is 6.62. The zero-order chi connectivity index (χ0) is 22.5. The van der Waals surface area contributed by atoms with E-state index in [1.54, 1.807) is 19.4 Å². The molecule has 2 saturated heterocycles. The monoisotopic (exact) mass is 448 g/mol. The van der Waals surface area contributed by atoms with Crippen molar-refractivity contribution < 1.29 is 9.13 Å². The maximum atomic E-state index is 14.5. The van der Waals surface area contributed by atoms with Gasteiger partial charge in [-0.1, -0.05) is 0 Å². The molecule has 9 nitrogen and oxygen atoms in total. The number of anilines is 2. The van der Waals surface area contributed by atoms with Crippen molar-refractivity contribution in [3.05, 3.63) is 36.2 Å². The quantitative estimate of drug-likeness (QED) is 0.437. The normalized spacial score (nSPS) is 20.4. The number of nitrogens with zero attached hydrogens (tertiary/aromatic N) is 5. The number of ether oxygens (including phenoxy) is 1. The maximum absolute atomic E-state index is 14.5. The first-order valence-corrected chi connectivity index (χ1v) is 11.2. The second-order valence-electron chi connectivity index (χ2n) is 8.74. The molecular weight excluding hydrogens is 423 g/mol. The first-order chi connectivity index (χ1) is 16.1. The van der Waals surface area contributed by atoms with Crippen molar-refractivity contribution in [3.63, 3.8) is 0 Å². The Morgan fingerprint density at radius 3 is 2.82 bits per heavy atom. The molecule has 0 bridgehead atoms. The molecule has 2 fully saturated rings. The van der Waals surface area contributed by atoms with E-state index in [1.165, 1.54) is 25.0 Å². The van der Waals surface area contributed by atoms with Crippen molar-refractivity contribution in [2.24, 2.45) is 5.92 Å². The highest BCUT2D eigenvalue weighted by atomic mass is 19.1. The Balaban J connectivity index is 1.52. The number of aryl methyl sites for hydroxylation is 1. The lowest BCUT2D eigenvalue weighted by Gasteiger charge is -2.24. The summed E-state index contributed by atoms with van der Waals surface area (Å²) >= 11 is 0. The number of aromatic nitrogens is 5. The lowest BCUT2D eigenvalue weighted by molar-refractivity contribution is 0.340. The van der Waals surface area contributed by atoms with E-state index >= 15 is 0 Å². The van der Waals surface area contributed by atoms with Crippen LogP contribution in [-0.4, -0.2) is 57.6 Å². The number of hydrogen-bond acceptors (Lipinski definition) is 8. The van der Waals surface area contributed by atoms with Crippen molar-refractivity contribution >= 4 is 33.4 Å². The van der Waals surface area contributed by atoms with Crippen LogP contribution in [0.3, 0.4) is 0 Å². The minimum Gasteiger partial charge on any atom is -0.421 e. The molecule has 33 heavy (non-hydrogen) atoms. The summed E-state index contributed by atoms with van der Waals surface area (Å²) in [7, 11) is 1.77. The number of halogens is 1. The summed E-state index contributed by atoms with van der Waals surface area (Å²) in [6, 6.07) is 3.64. The van der Waals surface area contributed by atoms with Crippen molar-refractivity contribution in [2.45, 2.75) is 25.8 Å². The highest BCUT2D eigenvalue weighted by molar-refractivity contribution is 6.14. The van der Waals surface area contributed by atoms with Gasteiger partial charge in [0.1, 0.15) is 23.1 Å². The number of piperidine rings is 1. The summed E-state index contributed by atoms with van der Waals surface area (Å²) in [6.07, 6.45) is 5.58. The number of hydrogen-bond donors (Lipinski definition) is 3. The van der Waals surface area contributed by atoms with Crippen LogP contribution >= 0.6 is 0 Å². The maximum Gasteiger partial charge on any atom is 0.326 e. The van der Waals surface area contributed by atoms with Gasteiger partial charge in [-0.3, -0.25) is 0 Å². The van der Waals surface area contributed by atoms with E-state index in [2.05, 4.69) is 35.5 Å². The molecule has 10 heteroatoms. The molecule has 2 atom stereocenters. The van der Waals surface area contributed by atoms with Gasteiger partial charge >= 0.3 is 6.01 Å². The fourth-order valence-electron chi connectivity index (χ4n) is 5.05. The van der Waals surface area contributed by atoms with Gasteiger partial charge in [-0.05, 0) is 44.4 Å². The van der Waals surface area contributed by atoms with Crippen molar-refractivity contribution in [1.82, 2.24) is 30.2 Å². The first kappa shape index (κ1) is 20.1. The molecule has 6 rings (SSSR count). The minimum absolute atomic E-state index is 0.200. The van der Waals surface area contributed by atoms with Crippen LogP contribution in [0.4, 0.5) is 15.9 Å².